The topological polar surface area (TPSA) is 52.2 Å². The lowest BCUT2D eigenvalue weighted by Gasteiger charge is -2.06. The van der Waals surface area contributed by atoms with Gasteiger partial charge in [-0.15, -0.1) is 6.58 Å². The van der Waals surface area contributed by atoms with Crippen LogP contribution in [0.4, 0.5) is 0 Å². The molecule has 5 nitrogen and oxygen atoms in total. The van der Waals surface area contributed by atoms with Gasteiger partial charge in [0.05, 0.1) is 10.2 Å². The molecule has 0 spiro atoms. The summed E-state index contributed by atoms with van der Waals surface area (Å²) < 4.78 is 4.96. The van der Waals surface area contributed by atoms with Gasteiger partial charge in [-0.1, -0.05) is 23.5 Å². The van der Waals surface area contributed by atoms with Gasteiger partial charge in [-0.05, 0) is 51.5 Å². The average molecular weight is 354 g/mol. The van der Waals surface area contributed by atoms with Gasteiger partial charge in [0.2, 0.25) is 0 Å². The summed E-state index contributed by atoms with van der Waals surface area (Å²) in [6, 6.07) is 8.24. The van der Waals surface area contributed by atoms with E-state index in [-0.39, 0.29) is 11.9 Å². The number of thiazole rings is 1. The number of rotatable bonds is 4. The fourth-order valence-corrected chi connectivity index (χ4v) is 3.97. The number of hydrogen-bond acceptors (Lipinski definition) is 3. The number of benzene rings is 1. The molecule has 1 aromatic carbocycles. The molecule has 0 aliphatic carbocycles. The van der Waals surface area contributed by atoms with E-state index < -0.39 is 0 Å². The Bertz CT molecular complexity index is 1020. The van der Waals surface area contributed by atoms with Crippen molar-refractivity contribution in [1.29, 1.82) is 0 Å². The number of carbonyl (C=O) groups excluding carboxylic acids is 1. The van der Waals surface area contributed by atoms with Gasteiger partial charge in [0.25, 0.3) is 5.91 Å². The summed E-state index contributed by atoms with van der Waals surface area (Å²) >= 11 is 1.51. The lowest BCUT2D eigenvalue weighted by Crippen LogP contribution is -2.16. The number of allylic oxidation sites excluding steroid dienone is 1. The SMILES string of the molecule is C=CCn1c(=NC(=O)c2cc(C)n(C(C)C)n2)sc2cc(C)ccc21. The van der Waals surface area contributed by atoms with Gasteiger partial charge in [-0.25, -0.2) is 0 Å². The number of aromatic nitrogens is 3. The van der Waals surface area contributed by atoms with Crippen LogP contribution in [0.25, 0.3) is 10.2 Å². The lowest BCUT2D eigenvalue weighted by molar-refractivity contribution is 0.0992. The average Bonchev–Trinajstić information content (AvgIpc) is 3.09. The van der Waals surface area contributed by atoms with Crippen LogP contribution in [0.3, 0.4) is 0 Å². The highest BCUT2D eigenvalue weighted by molar-refractivity contribution is 7.16. The molecule has 25 heavy (non-hydrogen) atoms. The van der Waals surface area contributed by atoms with E-state index in [0.29, 0.717) is 17.0 Å². The normalized spacial score (nSPS) is 12.3. The first-order chi connectivity index (χ1) is 11.9. The molecule has 3 rings (SSSR count). The summed E-state index contributed by atoms with van der Waals surface area (Å²) in [6.45, 7) is 12.5. The summed E-state index contributed by atoms with van der Waals surface area (Å²) in [5, 5.41) is 4.40. The highest BCUT2D eigenvalue weighted by atomic mass is 32.1. The fourth-order valence-electron chi connectivity index (χ4n) is 2.83. The minimum atomic E-state index is -0.316. The minimum absolute atomic E-state index is 0.208. The van der Waals surface area contributed by atoms with Gasteiger partial charge in [-0.2, -0.15) is 10.1 Å². The van der Waals surface area contributed by atoms with Gasteiger partial charge < -0.3 is 4.57 Å². The fraction of sp³-hybridized carbons (Fsp3) is 0.316. The Balaban J connectivity index is 2.11. The van der Waals surface area contributed by atoms with E-state index in [2.05, 4.69) is 41.8 Å². The quantitative estimate of drug-likeness (QED) is 0.664. The summed E-state index contributed by atoms with van der Waals surface area (Å²) in [4.78, 5) is 17.6. The zero-order valence-corrected chi connectivity index (χ0v) is 15.8. The molecular weight excluding hydrogens is 332 g/mol. The van der Waals surface area contributed by atoms with E-state index in [1.807, 2.05) is 36.1 Å². The number of aryl methyl sites for hydroxylation is 2. The van der Waals surface area contributed by atoms with E-state index in [9.17, 15) is 4.79 Å². The molecule has 1 amide bonds. The Kier molecular flexibility index (Phi) is 4.72. The molecule has 0 saturated carbocycles. The maximum atomic E-state index is 12.6. The van der Waals surface area contributed by atoms with Crippen LogP contribution >= 0.6 is 11.3 Å². The van der Waals surface area contributed by atoms with Crippen molar-refractivity contribution in [3.8, 4) is 0 Å². The van der Waals surface area contributed by atoms with Gasteiger partial charge >= 0.3 is 0 Å². The van der Waals surface area contributed by atoms with Gasteiger partial charge in [0, 0.05) is 18.3 Å². The largest absolute Gasteiger partial charge is 0.312 e. The Labute approximate surface area is 150 Å². The third kappa shape index (κ3) is 3.35. The van der Waals surface area contributed by atoms with Crippen molar-refractivity contribution < 1.29 is 4.79 Å². The minimum Gasteiger partial charge on any atom is -0.312 e. The maximum absolute atomic E-state index is 12.6. The van der Waals surface area contributed by atoms with Crippen molar-refractivity contribution in [3.05, 3.63) is 58.7 Å². The molecular formula is C19H22N4OS. The molecule has 130 valence electrons. The van der Waals surface area contributed by atoms with Crippen LogP contribution in [0, 0.1) is 13.8 Å². The van der Waals surface area contributed by atoms with E-state index in [1.54, 1.807) is 6.07 Å². The van der Waals surface area contributed by atoms with Crippen molar-refractivity contribution in [2.24, 2.45) is 4.99 Å². The second kappa shape index (κ2) is 6.80. The molecule has 0 saturated heterocycles. The summed E-state index contributed by atoms with van der Waals surface area (Å²) in [5.41, 5.74) is 3.58. The summed E-state index contributed by atoms with van der Waals surface area (Å²) in [5.74, 6) is -0.316. The smallest absolute Gasteiger partial charge is 0.300 e. The van der Waals surface area contributed by atoms with Crippen molar-refractivity contribution in [3.63, 3.8) is 0 Å². The van der Waals surface area contributed by atoms with Crippen LogP contribution in [0.15, 0.2) is 41.9 Å². The zero-order chi connectivity index (χ0) is 18.1. The van der Waals surface area contributed by atoms with Gasteiger partial charge in [-0.3, -0.25) is 9.48 Å². The van der Waals surface area contributed by atoms with Gasteiger partial charge in [0.15, 0.2) is 10.5 Å². The van der Waals surface area contributed by atoms with Crippen LogP contribution in [0.2, 0.25) is 0 Å². The van der Waals surface area contributed by atoms with Crippen LogP contribution in [0.5, 0.6) is 0 Å². The molecule has 0 aliphatic rings. The molecule has 0 atom stereocenters. The molecule has 0 N–H and O–H groups in total. The second-order valence-electron chi connectivity index (χ2n) is 6.38. The van der Waals surface area contributed by atoms with Crippen molar-refractivity contribution in [1.82, 2.24) is 14.3 Å². The van der Waals surface area contributed by atoms with Crippen LogP contribution < -0.4 is 4.80 Å². The Morgan fingerprint density at radius 1 is 1.36 bits per heavy atom. The molecule has 0 radical (unpaired) electrons. The Hall–Kier alpha value is -2.47. The van der Waals surface area contributed by atoms with E-state index in [0.717, 1.165) is 15.9 Å². The molecule has 2 aromatic heterocycles. The first-order valence-corrected chi connectivity index (χ1v) is 9.08. The Morgan fingerprint density at radius 2 is 2.12 bits per heavy atom. The number of fused-ring (bicyclic) bond motifs is 1. The standard InChI is InChI=1S/C19H22N4OS/c1-6-9-22-16-8-7-13(4)10-17(16)25-19(22)20-18(24)15-11-14(5)23(21-15)12(2)3/h6-8,10-12H,1,9H2,2-5H3. The third-order valence-corrected chi connectivity index (χ3v) is 5.02. The van der Waals surface area contributed by atoms with Crippen LogP contribution in [-0.2, 0) is 6.54 Å². The van der Waals surface area contributed by atoms with Crippen molar-refractivity contribution >= 4 is 27.5 Å². The van der Waals surface area contributed by atoms with Crippen molar-refractivity contribution in [2.75, 3.05) is 0 Å². The van der Waals surface area contributed by atoms with E-state index >= 15 is 0 Å². The maximum Gasteiger partial charge on any atom is 0.300 e. The predicted octanol–water partition coefficient (Wildman–Crippen LogP) is 4.02. The number of carbonyl (C=O) groups is 1. The van der Waals surface area contributed by atoms with Crippen molar-refractivity contribution in [2.45, 2.75) is 40.3 Å². The number of amides is 1. The number of hydrogen-bond donors (Lipinski definition) is 0. The second-order valence-corrected chi connectivity index (χ2v) is 7.39. The molecule has 2 heterocycles. The molecule has 0 aliphatic heterocycles. The lowest BCUT2D eigenvalue weighted by atomic mass is 10.2. The van der Waals surface area contributed by atoms with Crippen LogP contribution in [-0.4, -0.2) is 20.3 Å². The predicted molar refractivity (Wildman–Crippen MR) is 102 cm³/mol. The molecule has 3 aromatic rings. The molecule has 0 fully saturated rings. The zero-order valence-electron chi connectivity index (χ0n) is 15.0. The van der Waals surface area contributed by atoms with Gasteiger partial charge in [0.1, 0.15) is 0 Å². The van der Waals surface area contributed by atoms with E-state index in [4.69, 9.17) is 0 Å². The molecule has 0 unspecified atom stereocenters. The first-order valence-electron chi connectivity index (χ1n) is 8.27. The monoisotopic (exact) mass is 354 g/mol. The van der Waals surface area contributed by atoms with Crippen LogP contribution in [0.1, 0.15) is 41.6 Å². The molecule has 6 heteroatoms. The first kappa shape index (κ1) is 17.4. The molecule has 0 bridgehead atoms. The van der Waals surface area contributed by atoms with E-state index in [1.165, 1.54) is 16.9 Å². The third-order valence-electron chi connectivity index (χ3n) is 3.98. The summed E-state index contributed by atoms with van der Waals surface area (Å²) in [7, 11) is 0. The highest BCUT2D eigenvalue weighted by Crippen LogP contribution is 2.19. The highest BCUT2D eigenvalue weighted by Gasteiger charge is 2.14. The Morgan fingerprint density at radius 3 is 2.76 bits per heavy atom. The summed E-state index contributed by atoms with van der Waals surface area (Å²) in [6.07, 6.45) is 1.81. The number of nitrogens with zero attached hydrogens (tertiary/aromatic N) is 4.